The van der Waals surface area contributed by atoms with Crippen LogP contribution in [0.1, 0.15) is 41.6 Å². The monoisotopic (exact) mass is 277 g/mol. The maximum atomic E-state index is 12.1. The summed E-state index contributed by atoms with van der Waals surface area (Å²) in [6.07, 6.45) is 3.07. The first kappa shape index (κ1) is 14.5. The van der Waals surface area contributed by atoms with Crippen molar-refractivity contribution in [2.24, 2.45) is 0 Å². The van der Waals surface area contributed by atoms with E-state index >= 15 is 0 Å². The molecular weight excluding hydrogens is 258 g/mol. The lowest BCUT2D eigenvalue weighted by Crippen LogP contribution is -2.42. The molecule has 1 saturated carbocycles. The smallest absolute Gasteiger partial charge is 0.337 e. The molecule has 20 heavy (non-hydrogen) atoms. The van der Waals surface area contributed by atoms with E-state index in [-0.39, 0.29) is 23.5 Å². The third-order valence-electron chi connectivity index (χ3n) is 3.86. The Morgan fingerprint density at radius 3 is 2.60 bits per heavy atom. The van der Waals surface area contributed by atoms with Crippen LogP contribution in [0, 0.1) is 6.92 Å². The minimum atomic E-state index is -1.05. The van der Waals surface area contributed by atoms with Gasteiger partial charge >= 0.3 is 5.97 Å². The highest BCUT2D eigenvalue weighted by molar-refractivity contribution is 6.00. The van der Waals surface area contributed by atoms with Crippen LogP contribution in [0.5, 0.6) is 0 Å². The minimum absolute atomic E-state index is 0.110. The van der Waals surface area contributed by atoms with Crippen LogP contribution >= 0.6 is 0 Å². The second-order valence-electron chi connectivity index (χ2n) is 5.32. The molecule has 2 rings (SSSR count). The maximum absolute atomic E-state index is 12.1. The summed E-state index contributed by atoms with van der Waals surface area (Å²) in [6.45, 7) is 1.81. The number of anilines is 1. The molecule has 5 heteroatoms. The molecule has 1 aromatic rings. The lowest BCUT2D eigenvalue weighted by molar-refractivity contribution is -0.129. The Balaban J connectivity index is 2.10. The first-order valence-electron chi connectivity index (χ1n) is 6.65. The minimum Gasteiger partial charge on any atom is -0.478 e. The molecular formula is C15H19NO4. The SMILES string of the molecule is COC1(CC(=O)Nc2ccc(C)cc2C(=O)O)CCC1. The molecule has 0 radical (unpaired) electrons. The molecule has 0 heterocycles. The highest BCUT2D eigenvalue weighted by Crippen LogP contribution is 2.38. The maximum Gasteiger partial charge on any atom is 0.337 e. The number of amides is 1. The van der Waals surface area contributed by atoms with Gasteiger partial charge in [-0.2, -0.15) is 0 Å². The molecule has 0 atom stereocenters. The Labute approximate surface area is 117 Å². The zero-order valence-corrected chi connectivity index (χ0v) is 11.7. The van der Waals surface area contributed by atoms with Crippen molar-refractivity contribution < 1.29 is 19.4 Å². The van der Waals surface area contributed by atoms with Gasteiger partial charge in [-0.1, -0.05) is 11.6 Å². The van der Waals surface area contributed by atoms with Gasteiger partial charge in [0.2, 0.25) is 5.91 Å². The molecule has 1 fully saturated rings. The van der Waals surface area contributed by atoms with E-state index < -0.39 is 5.97 Å². The Morgan fingerprint density at radius 2 is 2.10 bits per heavy atom. The first-order chi connectivity index (χ1) is 9.46. The van der Waals surface area contributed by atoms with Crippen LogP contribution in [-0.4, -0.2) is 29.7 Å². The number of benzene rings is 1. The van der Waals surface area contributed by atoms with Gasteiger partial charge in [-0.05, 0) is 38.3 Å². The van der Waals surface area contributed by atoms with Crippen LogP contribution in [-0.2, 0) is 9.53 Å². The number of carbonyl (C=O) groups excluding carboxylic acids is 1. The van der Waals surface area contributed by atoms with E-state index in [1.807, 2.05) is 6.92 Å². The van der Waals surface area contributed by atoms with Crippen molar-refractivity contribution in [2.45, 2.75) is 38.2 Å². The van der Waals surface area contributed by atoms with E-state index in [1.54, 1.807) is 25.3 Å². The van der Waals surface area contributed by atoms with Crippen molar-refractivity contribution in [2.75, 3.05) is 12.4 Å². The van der Waals surface area contributed by atoms with Gasteiger partial charge in [0.25, 0.3) is 0 Å². The number of hydrogen-bond acceptors (Lipinski definition) is 3. The van der Waals surface area contributed by atoms with Crippen molar-refractivity contribution in [3.8, 4) is 0 Å². The molecule has 1 aliphatic carbocycles. The normalized spacial score (nSPS) is 16.3. The summed E-state index contributed by atoms with van der Waals surface area (Å²) in [6, 6.07) is 4.95. The van der Waals surface area contributed by atoms with Crippen molar-refractivity contribution in [1.82, 2.24) is 0 Å². The lowest BCUT2D eigenvalue weighted by Gasteiger charge is -2.39. The van der Waals surface area contributed by atoms with E-state index in [4.69, 9.17) is 9.84 Å². The van der Waals surface area contributed by atoms with Crippen LogP contribution in [0.4, 0.5) is 5.69 Å². The molecule has 0 spiro atoms. The van der Waals surface area contributed by atoms with Gasteiger partial charge in [0, 0.05) is 7.11 Å². The van der Waals surface area contributed by atoms with Gasteiger partial charge in [0.15, 0.2) is 0 Å². The predicted octanol–water partition coefficient (Wildman–Crippen LogP) is 2.59. The summed E-state index contributed by atoms with van der Waals surface area (Å²) in [4.78, 5) is 23.2. The van der Waals surface area contributed by atoms with E-state index in [2.05, 4.69) is 5.32 Å². The fourth-order valence-electron chi connectivity index (χ4n) is 2.46. The molecule has 1 amide bonds. The summed E-state index contributed by atoms with van der Waals surface area (Å²) >= 11 is 0. The Bertz CT molecular complexity index is 529. The van der Waals surface area contributed by atoms with Gasteiger partial charge in [-0.25, -0.2) is 4.79 Å². The van der Waals surface area contributed by atoms with Crippen LogP contribution in [0.15, 0.2) is 18.2 Å². The van der Waals surface area contributed by atoms with E-state index in [9.17, 15) is 9.59 Å². The summed E-state index contributed by atoms with van der Waals surface area (Å²) in [5, 5.41) is 11.8. The number of carboxylic acids is 1. The topological polar surface area (TPSA) is 75.6 Å². The van der Waals surface area contributed by atoms with Crippen molar-refractivity contribution in [3.63, 3.8) is 0 Å². The zero-order chi connectivity index (χ0) is 14.8. The number of ether oxygens (including phenoxy) is 1. The van der Waals surface area contributed by atoms with Crippen LogP contribution in [0.2, 0.25) is 0 Å². The molecule has 1 aliphatic rings. The van der Waals surface area contributed by atoms with Gasteiger partial charge < -0.3 is 15.2 Å². The Hall–Kier alpha value is -1.88. The fraction of sp³-hybridized carbons (Fsp3) is 0.467. The second kappa shape index (κ2) is 5.63. The average molecular weight is 277 g/mol. The van der Waals surface area contributed by atoms with Crippen LogP contribution in [0.25, 0.3) is 0 Å². The van der Waals surface area contributed by atoms with Gasteiger partial charge in [-0.3, -0.25) is 4.79 Å². The fourth-order valence-corrected chi connectivity index (χ4v) is 2.46. The zero-order valence-electron chi connectivity index (χ0n) is 11.7. The van der Waals surface area contributed by atoms with Gasteiger partial charge in [-0.15, -0.1) is 0 Å². The van der Waals surface area contributed by atoms with Crippen molar-refractivity contribution in [1.29, 1.82) is 0 Å². The van der Waals surface area contributed by atoms with E-state index in [0.29, 0.717) is 5.69 Å². The summed E-state index contributed by atoms with van der Waals surface area (Å²) in [5.74, 6) is -1.26. The number of methoxy groups -OCH3 is 1. The highest BCUT2D eigenvalue weighted by Gasteiger charge is 2.39. The molecule has 0 bridgehead atoms. The molecule has 108 valence electrons. The molecule has 0 aliphatic heterocycles. The summed E-state index contributed by atoms with van der Waals surface area (Å²) in [5.41, 5.74) is 0.919. The summed E-state index contributed by atoms with van der Waals surface area (Å²) < 4.78 is 5.40. The number of hydrogen-bond donors (Lipinski definition) is 2. The molecule has 2 N–H and O–H groups in total. The number of aromatic carboxylic acids is 1. The third-order valence-corrected chi connectivity index (χ3v) is 3.86. The van der Waals surface area contributed by atoms with Gasteiger partial charge in [0.1, 0.15) is 0 Å². The molecule has 0 aromatic heterocycles. The summed E-state index contributed by atoms with van der Waals surface area (Å²) in [7, 11) is 1.61. The molecule has 0 saturated heterocycles. The number of carboxylic acid groups (broad SMARTS) is 1. The predicted molar refractivity (Wildman–Crippen MR) is 75.0 cm³/mol. The molecule has 5 nitrogen and oxygen atoms in total. The van der Waals surface area contributed by atoms with Crippen LogP contribution in [0.3, 0.4) is 0 Å². The number of aryl methyl sites for hydroxylation is 1. The van der Waals surface area contributed by atoms with Crippen LogP contribution < -0.4 is 5.32 Å². The standard InChI is InChI=1S/C15H19NO4/c1-10-4-5-12(11(8-10)14(18)19)16-13(17)9-15(20-2)6-3-7-15/h4-5,8H,3,6-7,9H2,1-2H3,(H,16,17)(H,18,19). The number of carbonyl (C=O) groups is 2. The second-order valence-corrected chi connectivity index (χ2v) is 5.32. The third kappa shape index (κ3) is 2.99. The average Bonchev–Trinajstić information content (AvgIpc) is 2.36. The Morgan fingerprint density at radius 1 is 1.40 bits per heavy atom. The van der Waals surface area contributed by atoms with E-state index in [0.717, 1.165) is 24.8 Å². The highest BCUT2D eigenvalue weighted by atomic mass is 16.5. The van der Waals surface area contributed by atoms with Crippen molar-refractivity contribution >= 4 is 17.6 Å². The van der Waals surface area contributed by atoms with E-state index in [1.165, 1.54) is 0 Å². The lowest BCUT2D eigenvalue weighted by atomic mass is 9.77. The quantitative estimate of drug-likeness (QED) is 0.867. The van der Waals surface area contributed by atoms with Crippen molar-refractivity contribution in [3.05, 3.63) is 29.3 Å². The Kier molecular flexibility index (Phi) is 4.09. The molecule has 1 aromatic carbocycles. The number of nitrogens with one attached hydrogen (secondary N) is 1. The largest absolute Gasteiger partial charge is 0.478 e. The number of rotatable bonds is 5. The molecule has 0 unspecified atom stereocenters. The first-order valence-corrected chi connectivity index (χ1v) is 6.65. The van der Waals surface area contributed by atoms with Gasteiger partial charge in [0.05, 0.1) is 23.3 Å².